The van der Waals surface area contributed by atoms with Crippen LogP contribution >= 0.6 is 0 Å². The molecule has 1 aliphatic rings. The molecule has 1 saturated heterocycles. The van der Waals surface area contributed by atoms with E-state index in [1.807, 2.05) is 12.1 Å². The summed E-state index contributed by atoms with van der Waals surface area (Å²) >= 11 is 0. The lowest BCUT2D eigenvalue weighted by atomic mass is 9.88. The number of aromatic hydroxyl groups is 1. The van der Waals surface area contributed by atoms with Crippen LogP contribution in [-0.4, -0.2) is 38.7 Å². The van der Waals surface area contributed by atoms with Gasteiger partial charge in [-0.1, -0.05) is 61.5 Å². The van der Waals surface area contributed by atoms with E-state index in [1.165, 1.54) is 28.0 Å². The van der Waals surface area contributed by atoms with Gasteiger partial charge in [0.1, 0.15) is 5.75 Å². The molecular formula is C30H35NO3. The summed E-state index contributed by atoms with van der Waals surface area (Å²) in [7, 11) is 3.44. The summed E-state index contributed by atoms with van der Waals surface area (Å²) in [5.74, 6) is 0.719. The van der Waals surface area contributed by atoms with Crippen molar-refractivity contribution >= 4 is 16.8 Å². The molecule has 1 heterocycles. The van der Waals surface area contributed by atoms with Gasteiger partial charge < -0.3 is 19.5 Å². The first-order chi connectivity index (χ1) is 16.6. The number of hydrogen-bond donors (Lipinski definition) is 1. The lowest BCUT2D eigenvalue weighted by Gasteiger charge is -2.36. The average Bonchev–Trinajstić information content (AvgIpc) is 2.90. The molecule has 0 aromatic heterocycles. The number of nitrogens with zero attached hydrogens (tertiary/aromatic N) is 1. The Kier molecular flexibility index (Phi) is 8.04. The zero-order valence-corrected chi connectivity index (χ0v) is 20.4. The van der Waals surface area contributed by atoms with Crippen molar-refractivity contribution in [3.63, 3.8) is 0 Å². The van der Waals surface area contributed by atoms with E-state index < -0.39 is 0 Å². The Labute approximate surface area is 203 Å². The van der Waals surface area contributed by atoms with Crippen LogP contribution in [0.2, 0.25) is 0 Å². The first-order valence-corrected chi connectivity index (χ1v) is 12.1. The van der Waals surface area contributed by atoms with E-state index >= 15 is 0 Å². The summed E-state index contributed by atoms with van der Waals surface area (Å²) in [5.41, 5.74) is 7.27. The fourth-order valence-electron chi connectivity index (χ4n) is 5.06. The third-order valence-corrected chi connectivity index (χ3v) is 6.84. The lowest BCUT2D eigenvalue weighted by molar-refractivity contribution is -0.141. The van der Waals surface area contributed by atoms with Gasteiger partial charge in [-0.05, 0) is 71.4 Å². The number of phenols is 1. The minimum atomic E-state index is -0.118. The molecule has 0 amide bonds. The summed E-state index contributed by atoms with van der Waals surface area (Å²) in [6.45, 7) is 4.20. The highest BCUT2D eigenvalue weighted by atomic mass is 16.7. The maximum Gasteiger partial charge on any atom is 0.159 e. The van der Waals surface area contributed by atoms with Gasteiger partial charge in [0.25, 0.3) is 0 Å². The minimum Gasteiger partial charge on any atom is -0.508 e. The van der Waals surface area contributed by atoms with Crippen LogP contribution in [0.3, 0.4) is 0 Å². The first-order valence-electron chi connectivity index (χ1n) is 12.1. The third kappa shape index (κ3) is 5.35. The molecule has 34 heavy (non-hydrogen) atoms. The predicted octanol–water partition coefficient (Wildman–Crippen LogP) is 6.60. The van der Waals surface area contributed by atoms with Gasteiger partial charge in [-0.25, -0.2) is 0 Å². The Bertz CT molecular complexity index is 1060. The molecule has 1 fully saturated rings. The Morgan fingerprint density at radius 2 is 1.38 bits per heavy atom. The Morgan fingerprint density at radius 3 is 1.91 bits per heavy atom. The molecular weight excluding hydrogens is 422 g/mol. The number of allylic oxidation sites excluding steroid dienone is 1. The van der Waals surface area contributed by atoms with E-state index in [2.05, 4.69) is 66.4 Å². The fraction of sp³-hybridized carbons (Fsp3) is 0.333. The van der Waals surface area contributed by atoms with Crippen LogP contribution in [0, 0.1) is 5.92 Å². The SMILES string of the molecule is CC/C(=C(\c1ccc(O)cc1)c1ccc(N2CCC(C(OC)OC)CC2)cc1)c1ccccc1. The van der Waals surface area contributed by atoms with Gasteiger partial charge in [0, 0.05) is 38.9 Å². The second-order valence-electron chi connectivity index (χ2n) is 8.83. The van der Waals surface area contributed by atoms with Crippen molar-refractivity contribution in [2.75, 3.05) is 32.2 Å². The second kappa shape index (κ2) is 11.4. The van der Waals surface area contributed by atoms with Crippen LogP contribution in [0.1, 0.15) is 42.9 Å². The Balaban J connectivity index is 1.64. The molecule has 4 heteroatoms. The molecule has 0 spiro atoms. The van der Waals surface area contributed by atoms with Gasteiger partial charge in [0.05, 0.1) is 0 Å². The number of rotatable bonds is 8. The smallest absolute Gasteiger partial charge is 0.159 e. The molecule has 1 aliphatic heterocycles. The molecule has 178 valence electrons. The molecule has 0 aliphatic carbocycles. The van der Waals surface area contributed by atoms with Crippen LogP contribution in [0.15, 0.2) is 78.9 Å². The highest BCUT2D eigenvalue weighted by Crippen LogP contribution is 2.36. The van der Waals surface area contributed by atoms with E-state index in [-0.39, 0.29) is 12.0 Å². The Morgan fingerprint density at radius 1 is 0.824 bits per heavy atom. The first kappa shape index (κ1) is 24.1. The van der Waals surface area contributed by atoms with Crippen LogP contribution in [0.5, 0.6) is 5.75 Å². The molecule has 0 unspecified atom stereocenters. The van der Waals surface area contributed by atoms with Gasteiger partial charge >= 0.3 is 0 Å². The normalized spacial score (nSPS) is 15.5. The topological polar surface area (TPSA) is 41.9 Å². The Hall–Kier alpha value is -3.08. The van der Waals surface area contributed by atoms with Crippen molar-refractivity contribution in [2.45, 2.75) is 32.5 Å². The maximum absolute atomic E-state index is 9.85. The van der Waals surface area contributed by atoms with Crippen molar-refractivity contribution in [1.29, 1.82) is 0 Å². The third-order valence-electron chi connectivity index (χ3n) is 6.84. The van der Waals surface area contributed by atoms with E-state index in [0.29, 0.717) is 5.92 Å². The maximum atomic E-state index is 9.85. The van der Waals surface area contributed by atoms with Crippen molar-refractivity contribution in [3.8, 4) is 5.75 Å². The van der Waals surface area contributed by atoms with E-state index in [9.17, 15) is 5.11 Å². The summed E-state index contributed by atoms with van der Waals surface area (Å²) in [5, 5.41) is 9.85. The van der Waals surface area contributed by atoms with E-state index in [4.69, 9.17) is 9.47 Å². The van der Waals surface area contributed by atoms with Gasteiger partial charge in [-0.3, -0.25) is 0 Å². The second-order valence-corrected chi connectivity index (χ2v) is 8.83. The standard InChI is InChI=1S/C30H35NO3/c1-4-28(22-8-6-5-7-9-22)29(24-12-16-27(32)17-13-24)23-10-14-26(15-11-23)31-20-18-25(19-21-31)30(33-2)34-3/h5-17,25,30,32H,4,18-21H2,1-3H3/b29-28+. The molecule has 4 rings (SSSR count). The van der Waals surface area contributed by atoms with Crippen molar-refractivity contribution in [3.05, 3.63) is 95.6 Å². The van der Waals surface area contributed by atoms with Crippen molar-refractivity contribution in [1.82, 2.24) is 0 Å². The fourth-order valence-corrected chi connectivity index (χ4v) is 5.06. The van der Waals surface area contributed by atoms with Crippen molar-refractivity contribution < 1.29 is 14.6 Å². The zero-order chi connectivity index (χ0) is 23.9. The summed E-state index contributed by atoms with van der Waals surface area (Å²) in [6.07, 6.45) is 2.91. The van der Waals surface area contributed by atoms with Crippen LogP contribution < -0.4 is 4.90 Å². The molecule has 0 radical (unpaired) electrons. The number of methoxy groups -OCH3 is 2. The monoisotopic (exact) mass is 457 g/mol. The minimum absolute atomic E-state index is 0.118. The molecule has 3 aromatic rings. The summed E-state index contributed by atoms with van der Waals surface area (Å²) < 4.78 is 11.0. The zero-order valence-electron chi connectivity index (χ0n) is 20.4. The molecule has 0 saturated carbocycles. The van der Waals surface area contributed by atoms with Gasteiger partial charge in [-0.2, -0.15) is 0 Å². The highest BCUT2D eigenvalue weighted by molar-refractivity contribution is 5.98. The number of anilines is 1. The molecule has 0 atom stereocenters. The predicted molar refractivity (Wildman–Crippen MR) is 140 cm³/mol. The quantitative estimate of drug-likeness (QED) is 0.306. The van der Waals surface area contributed by atoms with Gasteiger partial charge in [-0.15, -0.1) is 0 Å². The van der Waals surface area contributed by atoms with Crippen LogP contribution in [-0.2, 0) is 9.47 Å². The number of benzene rings is 3. The van der Waals surface area contributed by atoms with Gasteiger partial charge in [0.2, 0.25) is 0 Å². The largest absolute Gasteiger partial charge is 0.508 e. The number of hydrogen-bond acceptors (Lipinski definition) is 4. The van der Waals surface area contributed by atoms with Crippen LogP contribution in [0.25, 0.3) is 11.1 Å². The average molecular weight is 458 g/mol. The summed E-state index contributed by atoms with van der Waals surface area (Å²) in [6, 6.07) is 27.0. The van der Waals surface area contributed by atoms with Gasteiger partial charge in [0.15, 0.2) is 6.29 Å². The summed E-state index contributed by atoms with van der Waals surface area (Å²) in [4.78, 5) is 2.45. The van der Waals surface area contributed by atoms with E-state index in [1.54, 1.807) is 26.4 Å². The molecule has 0 bridgehead atoms. The van der Waals surface area contributed by atoms with E-state index in [0.717, 1.165) is 37.9 Å². The van der Waals surface area contributed by atoms with Crippen LogP contribution in [0.4, 0.5) is 5.69 Å². The highest BCUT2D eigenvalue weighted by Gasteiger charge is 2.26. The number of phenolic OH excluding ortho intramolecular Hbond substituents is 1. The molecule has 4 nitrogen and oxygen atoms in total. The lowest BCUT2D eigenvalue weighted by Crippen LogP contribution is -2.39. The van der Waals surface area contributed by atoms with Crippen molar-refractivity contribution in [2.24, 2.45) is 5.92 Å². The number of ether oxygens (including phenoxy) is 2. The number of piperidine rings is 1. The molecule has 1 N–H and O–H groups in total. The molecule has 3 aromatic carbocycles.